The van der Waals surface area contributed by atoms with Gasteiger partial charge in [0, 0.05) is 25.0 Å². The number of likely N-dealkylation sites (tertiary alicyclic amines) is 1. The van der Waals surface area contributed by atoms with Crippen molar-refractivity contribution in [1.82, 2.24) is 10.2 Å². The molecule has 1 saturated heterocycles. The molecule has 28 heavy (non-hydrogen) atoms. The molecule has 2 saturated carbocycles. The molecule has 1 aromatic rings. The minimum atomic E-state index is 0.164. The smallest absolute Gasteiger partial charge is 0.223 e. The Hall–Kier alpha value is -1.39. The average molecular weight is 384 g/mol. The topological polar surface area (TPSA) is 58.4 Å². The first kappa shape index (κ1) is 19.9. The fourth-order valence-electron chi connectivity index (χ4n) is 5.65. The number of fused-ring (bicyclic) bond motifs is 2. The van der Waals surface area contributed by atoms with E-state index in [1.807, 2.05) is 0 Å². The van der Waals surface area contributed by atoms with Gasteiger partial charge < -0.3 is 11.1 Å². The first-order chi connectivity index (χ1) is 13.7. The molecule has 2 atom stereocenters. The van der Waals surface area contributed by atoms with Gasteiger partial charge in [-0.2, -0.15) is 0 Å². The molecule has 3 N–H and O–H groups in total. The number of hydrogen-bond donors (Lipinski definition) is 2. The molecule has 2 unspecified atom stereocenters. The summed E-state index contributed by atoms with van der Waals surface area (Å²) < 4.78 is 0. The van der Waals surface area contributed by atoms with Crippen molar-refractivity contribution in [3.63, 3.8) is 0 Å². The standard InChI is InChI=1S/C24H37N3O/c25-23-20-6-5-7-21(23)15-22(14-20)24(28)26-16-18-8-10-19(11-9-18)17-27-12-3-1-2-4-13-27/h8-11,20-23H,1-7,12-17,25H2,(H,26,28). The van der Waals surface area contributed by atoms with Crippen molar-refractivity contribution in [2.75, 3.05) is 13.1 Å². The van der Waals surface area contributed by atoms with Crippen molar-refractivity contribution in [3.05, 3.63) is 35.4 Å². The van der Waals surface area contributed by atoms with Crippen LogP contribution in [0.2, 0.25) is 0 Å². The molecule has 1 aliphatic heterocycles. The van der Waals surface area contributed by atoms with E-state index in [0.29, 0.717) is 24.4 Å². The van der Waals surface area contributed by atoms with Crippen LogP contribution in [0.4, 0.5) is 0 Å². The maximum Gasteiger partial charge on any atom is 0.223 e. The number of hydrogen-bond acceptors (Lipinski definition) is 3. The SMILES string of the molecule is NC1C2CCCC1CC(C(=O)NCc1ccc(CN3CCCCCC3)cc1)C2. The van der Waals surface area contributed by atoms with Crippen molar-refractivity contribution in [3.8, 4) is 0 Å². The highest BCUT2D eigenvalue weighted by molar-refractivity contribution is 5.78. The first-order valence-electron chi connectivity index (χ1n) is 11.5. The van der Waals surface area contributed by atoms with E-state index in [0.717, 1.165) is 19.4 Å². The van der Waals surface area contributed by atoms with E-state index in [1.165, 1.54) is 69.2 Å². The lowest BCUT2D eigenvalue weighted by molar-refractivity contribution is -0.128. The zero-order chi connectivity index (χ0) is 19.3. The van der Waals surface area contributed by atoms with E-state index < -0.39 is 0 Å². The molecule has 0 aromatic heterocycles. The lowest BCUT2D eigenvalue weighted by atomic mass is 9.65. The Balaban J connectivity index is 1.25. The van der Waals surface area contributed by atoms with E-state index in [4.69, 9.17) is 5.73 Å². The fourth-order valence-corrected chi connectivity index (χ4v) is 5.65. The number of nitrogens with one attached hydrogen (secondary N) is 1. The second kappa shape index (κ2) is 9.41. The van der Waals surface area contributed by atoms with Gasteiger partial charge in [-0.25, -0.2) is 0 Å². The van der Waals surface area contributed by atoms with Crippen LogP contribution in [0.15, 0.2) is 24.3 Å². The molecule has 1 heterocycles. The highest BCUT2D eigenvalue weighted by atomic mass is 16.1. The van der Waals surface area contributed by atoms with E-state index in [1.54, 1.807) is 0 Å². The molecule has 1 aromatic carbocycles. The van der Waals surface area contributed by atoms with Gasteiger partial charge in [0.05, 0.1) is 0 Å². The highest BCUT2D eigenvalue weighted by Gasteiger charge is 2.40. The van der Waals surface area contributed by atoms with Crippen LogP contribution in [0.3, 0.4) is 0 Å². The molecule has 0 spiro atoms. The lowest BCUT2D eigenvalue weighted by Gasteiger charge is -2.43. The zero-order valence-corrected chi connectivity index (χ0v) is 17.2. The van der Waals surface area contributed by atoms with Crippen molar-refractivity contribution in [2.24, 2.45) is 23.5 Å². The van der Waals surface area contributed by atoms with Crippen LogP contribution in [-0.4, -0.2) is 29.9 Å². The van der Waals surface area contributed by atoms with Crippen LogP contribution in [0.5, 0.6) is 0 Å². The minimum Gasteiger partial charge on any atom is -0.352 e. The Kier molecular flexibility index (Phi) is 6.69. The number of carbonyl (C=O) groups excluding carboxylic acids is 1. The maximum absolute atomic E-state index is 12.7. The normalized spacial score (nSPS) is 31.2. The van der Waals surface area contributed by atoms with Gasteiger partial charge >= 0.3 is 0 Å². The summed E-state index contributed by atoms with van der Waals surface area (Å²) in [6.07, 6.45) is 11.1. The van der Waals surface area contributed by atoms with Crippen molar-refractivity contribution in [2.45, 2.75) is 76.9 Å². The van der Waals surface area contributed by atoms with Crippen molar-refractivity contribution >= 4 is 5.91 Å². The number of amides is 1. The van der Waals surface area contributed by atoms with Gasteiger partial charge in [0.25, 0.3) is 0 Å². The molecule has 4 nitrogen and oxygen atoms in total. The summed E-state index contributed by atoms with van der Waals surface area (Å²) in [5, 5.41) is 3.19. The van der Waals surface area contributed by atoms with Gasteiger partial charge in [-0.15, -0.1) is 0 Å². The van der Waals surface area contributed by atoms with Crippen LogP contribution in [0.1, 0.15) is 68.9 Å². The number of rotatable bonds is 5. The van der Waals surface area contributed by atoms with Gasteiger partial charge in [0.1, 0.15) is 0 Å². The Morgan fingerprint density at radius 1 is 0.929 bits per heavy atom. The van der Waals surface area contributed by atoms with Crippen molar-refractivity contribution < 1.29 is 4.79 Å². The van der Waals surface area contributed by atoms with E-state index >= 15 is 0 Å². The molecule has 3 aliphatic rings. The van der Waals surface area contributed by atoms with Gasteiger partial charge in [-0.1, -0.05) is 43.5 Å². The summed E-state index contributed by atoms with van der Waals surface area (Å²) in [5.41, 5.74) is 8.94. The third-order valence-corrected chi connectivity index (χ3v) is 7.38. The van der Waals surface area contributed by atoms with Crippen LogP contribution in [0, 0.1) is 17.8 Å². The summed E-state index contributed by atoms with van der Waals surface area (Å²) in [4.78, 5) is 15.3. The predicted octanol–water partition coefficient (Wildman–Crippen LogP) is 3.83. The third-order valence-electron chi connectivity index (χ3n) is 7.38. The van der Waals surface area contributed by atoms with Gasteiger partial charge in [-0.3, -0.25) is 9.69 Å². The van der Waals surface area contributed by atoms with Crippen molar-refractivity contribution in [1.29, 1.82) is 0 Å². The molecular formula is C24H37N3O. The maximum atomic E-state index is 12.7. The van der Waals surface area contributed by atoms with E-state index in [9.17, 15) is 4.79 Å². The molecule has 3 fully saturated rings. The van der Waals surface area contributed by atoms with Crippen LogP contribution < -0.4 is 11.1 Å². The minimum absolute atomic E-state index is 0.164. The Morgan fingerprint density at radius 2 is 1.54 bits per heavy atom. The molecule has 2 bridgehead atoms. The summed E-state index contributed by atoms with van der Waals surface area (Å²) in [5.74, 6) is 1.51. The van der Waals surface area contributed by atoms with Crippen LogP contribution in [-0.2, 0) is 17.9 Å². The number of benzene rings is 1. The first-order valence-corrected chi connectivity index (χ1v) is 11.5. The molecular weight excluding hydrogens is 346 g/mol. The Labute approximate surface area is 170 Å². The molecule has 4 heteroatoms. The molecule has 4 rings (SSSR count). The largest absolute Gasteiger partial charge is 0.352 e. The lowest BCUT2D eigenvalue weighted by Crippen LogP contribution is -2.49. The number of nitrogens with two attached hydrogens (primary N) is 1. The number of nitrogens with zero attached hydrogens (tertiary/aromatic N) is 1. The van der Waals surface area contributed by atoms with E-state index in [-0.39, 0.29) is 11.8 Å². The highest BCUT2D eigenvalue weighted by Crippen LogP contribution is 2.41. The van der Waals surface area contributed by atoms with Gasteiger partial charge in [-0.05, 0) is 74.6 Å². The third kappa shape index (κ3) is 4.96. The monoisotopic (exact) mass is 383 g/mol. The molecule has 154 valence electrons. The van der Waals surface area contributed by atoms with Crippen LogP contribution in [0.25, 0.3) is 0 Å². The number of carbonyl (C=O) groups is 1. The summed E-state index contributed by atoms with van der Waals surface area (Å²) in [6.45, 7) is 4.15. The molecule has 2 aliphatic carbocycles. The second-order valence-corrected chi connectivity index (χ2v) is 9.42. The van der Waals surface area contributed by atoms with Gasteiger partial charge in [0.2, 0.25) is 5.91 Å². The fraction of sp³-hybridized carbons (Fsp3) is 0.708. The summed E-state index contributed by atoms with van der Waals surface area (Å²) in [6, 6.07) is 9.15. The second-order valence-electron chi connectivity index (χ2n) is 9.42. The predicted molar refractivity (Wildman–Crippen MR) is 114 cm³/mol. The average Bonchev–Trinajstić information content (AvgIpc) is 2.96. The van der Waals surface area contributed by atoms with E-state index in [2.05, 4.69) is 34.5 Å². The van der Waals surface area contributed by atoms with Gasteiger partial charge in [0.15, 0.2) is 0 Å². The quantitative estimate of drug-likeness (QED) is 0.812. The summed E-state index contributed by atoms with van der Waals surface area (Å²) in [7, 11) is 0. The summed E-state index contributed by atoms with van der Waals surface area (Å²) >= 11 is 0. The molecule has 0 radical (unpaired) electrons. The Bertz CT molecular complexity index is 622. The zero-order valence-electron chi connectivity index (χ0n) is 17.2. The van der Waals surface area contributed by atoms with Crippen LogP contribution >= 0.6 is 0 Å². The molecule has 1 amide bonds. The Morgan fingerprint density at radius 3 is 2.18 bits per heavy atom.